The van der Waals surface area contributed by atoms with Crippen LogP contribution >= 0.6 is 0 Å². The normalized spacial score (nSPS) is 10.1. The summed E-state index contributed by atoms with van der Waals surface area (Å²) in [6, 6.07) is 13.2. The number of aryl methyl sites for hydroxylation is 1. The highest BCUT2D eigenvalue weighted by molar-refractivity contribution is 5.79. The van der Waals surface area contributed by atoms with Gasteiger partial charge >= 0.3 is 0 Å². The average Bonchev–Trinajstić information content (AvgIpc) is 2.39. The Morgan fingerprint density at radius 3 is 2.50 bits per heavy atom. The van der Waals surface area contributed by atoms with E-state index in [2.05, 4.69) is 13.0 Å². The van der Waals surface area contributed by atoms with Crippen LogP contribution in [-0.4, -0.2) is 5.11 Å². The van der Waals surface area contributed by atoms with Gasteiger partial charge in [-0.05, 0) is 36.6 Å². The van der Waals surface area contributed by atoms with Gasteiger partial charge in [-0.3, -0.25) is 0 Å². The second kappa shape index (κ2) is 4.93. The van der Waals surface area contributed by atoms with Crippen LogP contribution in [0.3, 0.4) is 0 Å². The highest BCUT2D eigenvalue weighted by Gasteiger charge is 2.13. The molecule has 0 saturated heterocycles. The first kappa shape index (κ1) is 12.2. The molecule has 2 rings (SSSR count). The topological polar surface area (TPSA) is 44.0 Å². The molecule has 0 aromatic heterocycles. The van der Waals surface area contributed by atoms with E-state index in [-0.39, 0.29) is 5.75 Å². The summed E-state index contributed by atoms with van der Waals surface area (Å²) in [5.41, 5.74) is 4.44. The molecule has 0 heterocycles. The molecule has 0 aliphatic rings. The molecule has 0 unspecified atom stereocenters. The molecule has 1 N–H and O–H groups in total. The minimum Gasteiger partial charge on any atom is -0.507 e. The third kappa shape index (κ3) is 1.96. The first-order valence-corrected chi connectivity index (χ1v) is 6.00. The molecule has 2 aromatic rings. The average molecular weight is 237 g/mol. The van der Waals surface area contributed by atoms with Crippen molar-refractivity contribution in [3.05, 3.63) is 53.1 Å². The van der Waals surface area contributed by atoms with E-state index in [1.807, 2.05) is 31.2 Å². The summed E-state index contributed by atoms with van der Waals surface area (Å²) in [6.45, 7) is 4.09. The first-order chi connectivity index (χ1) is 8.69. The Labute approximate surface area is 107 Å². The fraction of sp³-hybridized carbons (Fsp3) is 0.188. The molecule has 0 bridgehead atoms. The van der Waals surface area contributed by atoms with Gasteiger partial charge in [-0.2, -0.15) is 5.26 Å². The summed E-state index contributed by atoms with van der Waals surface area (Å²) in [5, 5.41) is 19.2. The van der Waals surface area contributed by atoms with Crippen LogP contribution in [0.4, 0.5) is 0 Å². The van der Waals surface area contributed by atoms with Crippen molar-refractivity contribution in [2.24, 2.45) is 0 Å². The van der Waals surface area contributed by atoms with Crippen molar-refractivity contribution in [3.8, 4) is 22.9 Å². The van der Waals surface area contributed by atoms with Crippen molar-refractivity contribution in [1.29, 1.82) is 5.26 Å². The lowest BCUT2D eigenvalue weighted by molar-refractivity contribution is 0.477. The van der Waals surface area contributed by atoms with Gasteiger partial charge in [0, 0.05) is 11.1 Å². The second-order valence-electron chi connectivity index (χ2n) is 4.25. The van der Waals surface area contributed by atoms with E-state index in [9.17, 15) is 10.4 Å². The lowest BCUT2D eigenvalue weighted by atomic mass is 9.91. The van der Waals surface area contributed by atoms with Crippen molar-refractivity contribution in [2.75, 3.05) is 0 Å². The number of nitriles is 1. The van der Waals surface area contributed by atoms with E-state index in [0.29, 0.717) is 5.56 Å². The van der Waals surface area contributed by atoms with Gasteiger partial charge in [0.2, 0.25) is 0 Å². The van der Waals surface area contributed by atoms with Crippen molar-refractivity contribution in [3.63, 3.8) is 0 Å². The number of benzene rings is 2. The van der Waals surface area contributed by atoms with Crippen LogP contribution in [0.1, 0.15) is 23.6 Å². The molecule has 0 aliphatic heterocycles. The molecule has 2 nitrogen and oxygen atoms in total. The zero-order valence-electron chi connectivity index (χ0n) is 10.6. The summed E-state index contributed by atoms with van der Waals surface area (Å²) < 4.78 is 0. The SMILES string of the molecule is CCc1ccc(C#N)c(-c2ccccc2O)c1C. The first-order valence-electron chi connectivity index (χ1n) is 6.00. The van der Waals surface area contributed by atoms with Gasteiger partial charge in [-0.15, -0.1) is 0 Å². The molecule has 0 saturated carbocycles. The summed E-state index contributed by atoms with van der Waals surface area (Å²) in [7, 11) is 0. The summed E-state index contributed by atoms with van der Waals surface area (Å²) in [4.78, 5) is 0. The predicted molar refractivity (Wildman–Crippen MR) is 72.4 cm³/mol. The van der Waals surface area contributed by atoms with Crippen LogP contribution in [0.25, 0.3) is 11.1 Å². The van der Waals surface area contributed by atoms with E-state index in [4.69, 9.17) is 0 Å². The predicted octanol–water partition coefficient (Wildman–Crippen LogP) is 3.80. The Bertz CT molecular complexity index is 623. The zero-order valence-corrected chi connectivity index (χ0v) is 10.6. The molecule has 0 atom stereocenters. The van der Waals surface area contributed by atoms with Crippen molar-refractivity contribution < 1.29 is 5.11 Å². The molecular weight excluding hydrogens is 222 g/mol. The van der Waals surface area contributed by atoms with Crippen LogP contribution in [0.15, 0.2) is 36.4 Å². The van der Waals surface area contributed by atoms with Gasteiger partial charge in [-0.1, -0.05) is 31.2 Å². The van der Waals surface area contributed by atoms with Gasteiger partial charge in [0.25, 0.3) is 0 Å². The Morgan fingerprint density at radius 1 is 1.17 bits per heavy atom. The fourth-order valence-electron chi connectivity index (χ4n) is 2.26. The highest BCUT2D eigenvalue weighted by atomic mass is 16.3. The van der Waals surface area contributed by atoms with Gasteiger partial charge < -0.3 is 5.11 Å². The van der Waals surface area contributed by atoms with Crippen molar-refractivity contribution in [1.82, 2.24) is 0 Å². The van der Waals surface area contributed by atoms with Crippen molar-refractivity contribution in [2.45, 2.75) is 20.3 Å². The fourth-order valence-corrected chi connectivity index (χ4v) is 2.26. The number of rotatable bonds is 2. The molecule has 18 heavy (non-hydrogen) atoms. The van der Waals surface area contributed by atoms with Crippen LogP contribution in [0, 0.1) is 18.3 Å². The molecular formula is C16H15NO. The Kier molecular flexibility index (Phi) is 3.34. The summed E-state index contributed by atoms with van der Waals surface area (Å²) in [5.74, 6) is 0.213. The minimum absolute atomic E-state index is 0.213. The Morgan fingerprint density at radius 2 is 1.89 bits per heavy atom. The molecule has 0 aliphatic carbocycles. The molecule has 0 amide bonds. The van der Waals surface area contributed by atoms with Gasteiger partial charge in [0.05, 0.1) is 11.6 Å². The maximum Gasteiger partial charge on any atom is 0.123 e. The van der Waals surface area contributed by atoms with E-state index in [0.717, 1.165) is 23.1 Å². The number of phenols is 1. The van der Waals surface area contributed by atoms with Crippen LogP contribution in [-0.2, 0) is 6.42 Å². The maximum absolute atomic E-state index is 9.96. The number of nitrogens with zero attached hydrogens (tertiary/aromatic N) is 1. The van der Waals surface area contributed by atoms with Gasteiger partial charge in [-0.25, -0.2) is 0 Å². The van der Waals surface area contributed by atoms with Gasteiger partial charge in [0.15, 0.2) is 0 Å². The monoisotopic (exact) mass is 237 g/mol. The third-order valence-corrected chi connectivity index (χ3v) is 3.25. The smallest absolute Gasteiger partial charge is 0.123 e. The number of hydrogen-bond acceptors (Lipinski definition) is 2. The summed E-state index contributed by atoms with van der Waals surface area (Å²) >= 11 is 0. The molecule has 0 fully saturated rings. The van der Waals surface area contributed by atoms with Crippen molar-refractivity contribution >= 4 is 0 Å². The number of phenolic OH excluding ortho intramolecular Hbond substituents is 1. The largest absolute Gasteiger partial charge is 0.507 e. The van der Waals surface area contributed by atoms with Crippen LogP contribution < -0.4 is 0 Å². The van der Waals surface area contributed by atoms with Gasteiger partial charge in [0.1, 0.15) is 5.75 Å². The standard InChI is InChI=1S/C16H15NO/c1-3-12-8-9-13(10-17)16(11(12)2)14-6-4-5-7-15(14)18/h4-9,18H,3H2,1-2H3. The number of para-hydroxylation sites is 1. The van der Waals surface area contributed by atoms with E-state index in [1.165, 1.54) is 5.56 Å². The lowest BCUT2D eigenvalue weighted by Gasteiger charge is -2.13. The lowest BCUT2D eigenvalue weighted by Crippen LogP contribution is -1.95. The molecule has 2 aromatic carbocycles. The minimum atomic E-state index is 0.213. The van der Waals surface area contributed by atoms with E-state index in [1.54, 1.807) is 12.1 Å². The van der Waals surface area contributed by atoms with Crippen LogP contribution in [0.2, 0.25) is 0 Å². The maximum atomic E-state index is 9.96. The number of aromatic hydroxyl groups is 1. The summed E-state index contributed by atoms with van der Waals surface area (Å²) in [6.07, 6.45) is 0.915. The molecule has 2 heteroatoms. The number of hydrogen-bond donors (Lipinski definition) is 1. The van der Waals surface area contributed by atoms with E-state index >= 15 is 0 Å². The quantitative estimate of drug-likeness (QED) is 0.863. The zero-order chi connectivity index (χ0) is 13.1. The Hall–Kier alpha value is -2.27. The van der Waals surface area contributed by atoms with E-state index < -0.39 is 0 Å². The molecule has 90 valence electrons. The van der Waals surface area contributed by atoms with Crippen LogP contribution in [0.5, 0.6) is 5.75 Å². The molecule has 0 radical (unpaired) electrons. The highest BCUT2D eigenvalue weighted by Crippen LogP contribution is 2.35. The third-order valence-electron chi connectivity index (χ3n) is 3.25. The Balaban J connectivity index is 2.78. The molecule has 0 spiro atoms. The second-order valence-corrected chi connectivity index (χ2v) is 4.25.